The fourth-order valence-electron chi connectivity index (χ4n) is 2.04. The van der Waals surface area contributed by atoms with Crippen molar-refractivity contribution in [3.05, 3.63) is 0 Å². The molecule has 0 aromatic heterocycles. The van der Waals surface area contributed by atoms with E-state index in [0.717, 1.165) is 38.6 Å². The van der Waals surface area contributed by atoms with Crippen LogP contribution >= 0.6 is 0 Å². The van der Waals surface area contributed by atoms with E-state index in [1.54, 1.807) is 0 Å². The van der Waals surface area contributed by atoms with Gasteiger partial charge >= 0.3 is 0 Å². The van der Waals surface area contributed by atoms with Gasteiger partial charge in [-0.2, -0.15) is 0 Å². The van der Waals surface area contributed by atoms with E-state index in [2.05, 4.69) is 23.6 Å². The van der Waals surface area contributed by atoms with Gasteiger partial charge in [-0.1, -0.05) is 13.8 Å². The molecule has 4 heteroatoms. The van der Waals surface area contributed by atoms with Crippen molar-refractivity contribution in [1.29, 1.82) is 0 Å². The van der Waals surface area contributed by atoms with E-state index in [1.807, 2.05) is 0 Å². The van der Waals surface area contributed by atoms with Crippen molar-refractivity contribution in [3.8, 4) is 0 Å². The maximum atomic E-state index is 9.44. The Labute approximate surface area is 93.0 Å². The molecule has 15 heavy (non-hydrogen) atoms. The van der Waals surface area contributed by atoms with Crippen molar-refractivity contribution >= 4 is 0 Å². The van der Waals surface area contributed by atoms with Crippen molar-refractivity contribution in [2.24, 2.45) is 11.7 Å². The zero-order valence-corrected chi connectivity index (χ0v) is 10.0. The van der Waals surface area contributed by atoms with Crippen LogP contribution in [0.25, 0.3) is 0 Å². The lowest BCUT2D eigenvalue weighted by Gasteiger charge is -2.36. The van der Waals surface area contributed by atoms with Gasteiger partial charge in [0.2, 0.25) is 0 Å². The number of piperazine rings is 1. The molecule has 0 amide bonds. The van der Waals surface area contributed by atoms with Gasteiger partial charge < -0.3 is 15.7 Å². The highest BCUT2D eigenvalue weighted by molar-refractivity contribution is 4.74. The number of hydrogen-bond donors (Lipinski definition) is 2. The average molecular weight is 215 g/mol. The molecule has 90 valence electrons. The fourth-order valence-corrected chi connectivity index (χ4v) is 2.04. The summed E-state index contributed by atoms with van der Waals surface area (Å²) in [5.74, 6) is 0.742. The molecule has 1 aliphatic rings. The van der Waals surface area contributed by atoms with E-state index < -0.39 is 0 Å². The van der Waals surface area contributed by atoms with E-state index in [9.17, 15) is 5.11 Å². The summed E-state index contributed by atoms with van der Waals surface area (Å²) in [6, 6.07) is 0. The largest absolute Gasteiger partial charge is 0.390 e. The number of rotatable bonds is 5. The van der Waals surface area contributed by atoms with Crippen LogP contribution in [-0.2, 0) is 0 Å². The van der Waals surface area contributed by atoms with Gasteiger partial charge in [-0.3, -0.25) is 4.90 Å². The summed E-state index contributed by atoms with van der Waals surface area (Å²) in [5, 5.41) is 9.44. The van der Waals surface area contributed by atoms with E-state index in [4.69, 9.17) is 5.73 Å². The third-order valence-corrected chi connectivity index (χ3v) is 2.83. The zero-order chi connectivity index (χ0) is 11.3. The number of nitrogens with zero attached hydrogens (tertiary/aromatic N) is 2. The second-order valence-corrected chi connectivity index (χ2v) is 4.88. The van der Waals surface area contributed by atoms with Crippen LogP contribution in [0.1, 0.15) is 13.8 Å². The predicted molar refractivity (Wildman–Crippen MR) is 62.8 cm³/mol. The van der Waals surface area contributed by atoms with Crippen LogP contribution in [-0.4, -0.2) is 66.8 Å². The predicted octanol–water partition coefficient (Wildman–Crippen LogP) is -0.420. The number of aliphatic hydroxyl groups excluding tert-OH is 1. The number of aliphatic hydroxyl groups is 1. The minimum atomic E-state index is -0.360. The Morgan fingerprint density at radius 3 is 1.93 bits per heavy atom. The first-order valence-corrected chi connectivity index (χ1v) is 5.94. The third kappa shape index (κ3) is 4.93. The van der Waals surface area contributed by atoms with E-state index in [1.165, 1.54) is 6.54 Å². The Hall–Kier alpha value is -0.160. The highest BCUT2D eigenvalue weighted by Gasteiger charge is 2.18. The molecule has 1 heterocycles. The Kier molecular flexibility index (Phi) is 5.53. The van der Waals surface area contributed by atoms with E-state index in [-0.39, 0.29) is 6.10 Å². The molecule has 0 aliphatic carbocycles. The second-order valence-electron chi connectivity index (χ2n) is 4.88. The Morgan fingerprint density at radius 1 is 1.07 bits per heavy atom. The normalized spacial score (nSPS) is 22.2. The number of nitrogens with two attached hydrogens (primary N) is 1. The third-order valence-electron chi connectivity index (χ3n) is 2.83. The lowest BCUT2D eigenvalue weighted by molar-refractivity contribution is 0.0724. The standard InChI is InChI=1S/C11H25N3O/c1-10(2)8-13-3-5-14(6-4-13)9-11(15)7-12/h10-11,15H,3-9,12H2,1-2H3. The molecule has 0 spiro atoms. The van der Waals surface area contributed by atoms with Crippen molar-refractivity contribution in [2.45, 2.75) is 20.0 Å². The molecule has 0 saturated carbocycles. The first-order chi connectivity index (χ1) is 7.11. The van der Waals surface area contributed by atoms with Crippen LogP contribution in [0, 0.1) is 5.92 Å². The van der Waals surface area contributed by atoms with Gasteiger partial charge in [0.1, 0.15) is 0 Å². The van der Waals surface area contributed by atoms with Crippen LogP contribution in [0.3, 0.4) is 0 Å². The number of hydrogen-bond acceptors (Lipinski definition) is 4. The second kappa shape index (κ2) is 6.43. The summed E-state index contributed by atoms with van der Waals surface area (Å²) in [6.45, 7) is 11.2. The van der Waals surface area contributed by atoms with Crippen LogP contribution in [0.5, 0.6) is 0 Å². The van der Waals surface area contributed by atoms with Gasteiger partial charge in [0.25, 0.3) is 0 Å². The first kappa shape index (κ1) is 12.9. The molecule has 1 aliphatic heterocycles. The molecule has 1 rings (SSSR count). The van der Waals surface area contributed by atoms with Crippen LogP contribution in [0.4, 0.5) is 0 Å². The quantitative estimate of drug-likeness (QED) is 0.654. The summed E-state index contributed by atoms with van der Waals surface area (Å²) in [6.07, 6.45) is -0.360. The average Bonchev–Trinajstić information content (AvgIpc) is 2.20. The summed E-state index contributed by atoms with van der Waals surface area (Å²) < 4.78 is 0. The summed E-state index contributed by atoms with van der Waals surface area (Å²) >= 11 is 0. The molecule has 0 aromatic rings. The Bertz CT molecular complexity index is 167. The van der Waals surface area contributed by atoms with Crippen molar-refractivity contribution in [1.82, 2.24) is 9.80 Å². The van der Waals surface area contributed by atoms with Crippen molar-refractivity contribution in [2.75, 3.05) is 45.8 Å². The molecule has 0 bridgehead atoms. The summed E-state index contributed by atoms with van der Waals surface area (Å²) in [7, 11) is 0. The SMILES string of the molecule is CC(C)CN1CCN(CC(O)CN)CC1. The van der Waals surface area contributed by atoms with Gasteiger partial charge in [0, 0.05) is 45.8 Å². The topological polar surface area (TPSA) is 52.7 Å². The summed E-state index contributed by atoms with van der Waals surface area (Å²) in [4.78, 5) is 4.80. The molecule has 1 fully saturated rings. The smallest absolute Gasteiger partial charge is 0.0789 e. The van der Waals surface area contributed by atoms with Gasteiger partial charge in [-0.05, 0) is 5.92 Å². The molecule has 1 atom stereocenters. The zero-order valence-electron chi connectivity index (χ0n) is 10.0. The number of β-amino-alcohol motifs (C(OH)–C–C–N with tert-alkyl or cyclic N) is 1. The Morgan fingerprint density at radius 2 is 1.53 bits per heavy atom. The minimum Gasteiger partial charge on any atom is -0.390 e. The molecule has 3 N–H and O–H groups in total. The minimum absolute atomic E-state index is 0.360. The highest BCUT2D eigenvalue weighted by atomic mass is 16.3. The molecule has 4 nitrogen and oxygen atoms in total. The van der Waals surface area contributed by atoms with Crippen LogP contribution in [0.15, 0.2) is 0 Å². The van der Waals surface area contributed by atoms with E-state index in [0.29, 0.717) is 6.54 Å². The van der Waals surface area contributed by atoms with Crippen molar-refractivity contribution in [3.63, 3.8) is 0 Å². The van der Waals surface area contributed by atoms with Gasteiger partial charge in [-0.15, -0.1) is 0 Å². The lowest BCUT2D eigenvalue weighted by atomic mass is 10.2. The molecule has 1 unspecified atom stereocenters. The molecule has 1 saturated heterocycles. The van der Waals surface area contributed by atoms with Crippen molar-refractivity contribution < 1.29 is 5.11 Å². The molecular weight excluding hydrogens is 190 g/mol. The van der Waals surface area contributed by atoms with E-state index >= 15 is 0 Å². The van der Waals surface area contributed by atoms with Crippen LogP contribution < -0.4 is 5.73 Å². The highest BCUT2D eigenvalue weighted by Crippen LogP contribution is 2.05. The molecular formula is C11H25N3O. The van der Waals surface area contributed by atoms with Crippen LogP contribution in [0.2, 0.25) is 0 Å². The maximum Gasteiger partial charge on any atom is 0.0789 e. The lowest BCUT2D eigenvalue weighted by Crippen LogP contribution is -2.50. The maximum absolute atomic E-state index is 9.44. The van der Waals surface area contributed by atoms with Gasteiger partial charge in [-0.25, -0.2) is 0 Å². The van der Waals surface area contributed by atoms with Gasteiger partial charge in [0.15, 0.2) is 0 Å². The summed E-state index contributed by atoms with van der Waals surface area (Å²) in [5.41, 5.74) is 5.40. The fraction of sp³-hybridized carbons (Fsp3) is 1.00. The first-order valence-electron chi connectivity index (χ1n) is 5.94. The van der Waals surface area contributed by atoms with Gasteiger partial charge in [0.05, 0.1) is 6.10 Å². The molecule has 0 radical (unpaired) electrons. The monoisotopic (exact) mass is 215 g/mol. The Balaban J connectivity index is 2.18. The molecule has 0 aromatic carbocycles.